The Bertz CT molecular complexity index is 1340. The third kappa shape index (κ3) is 6.55. The summed E-state index contributed by atoms with van der Waals surface area (Å²) in [6.45, 7) is 8.21. The smallest absolute Gasteiger partial charge is 0.324 e. The number of carbonyl (C=O) groups excluding carboxylic acids is 2. The molecule has 0 saturated heterocycles. The fourth-order valence-electron chi connectivity index (χ4n) is 3.57. The lowest BCUT2D eigenvalue weighted by molar-refractivity contribution is -0.145. The molecule has 0 fully saturated rings. The maximum atomic E-state index is 12.8. The second-order valence-corrected chi connectivity index (χ2v) is 10.1. The third-order valence-electron chi connectivity index (χ3n) is 5.37. The highest BCUT2D eigenvalue weighted by molar-refractivity contribution is 7.92. The number of esters is 1. The second kappa shape index (κ2) is 10.8. The number of sulfonamides is 1. The van der Waals surface area contributed by atoms with Gasteiger partial charge in [0.15, 0.2) is 12.4 Å². The standard InChI is InChI=1S/C25H29N3O6S/c1-16(2)24(27-35(31,32)12-11-20-9-7-6-8-10-20)25(30)33-15-22(29)21-13-17(3)28(19(21)5)23-14-18(4)34-26-23/h6-14,16,24,27H,15H2,1-5H3. The molecule has 10 heteroatoms. The lowest BCUT2D eigenvalue weighted by Gasteiger charge is -2.19. The van der Waals surface area contributed by atoms with E-state index in [0.29, 0.717) is 28.4 Å². The third-order valence-corrected chi connectivity index (χ3v) is 6.45. The van der Waals surface area contributed by atoms with E-state index < -0.39 is 40.3 Å². The lowest BCUT2D eigenvalue weighted by Crippen LogP contribution is -2.45. The Morgan fingerprint density at radius 2 is 1.83 bits per heavy atom. The molecule has 0 aliphatic heterocycles. The fourth-order valence-corrected chi connectivity index (χ4v) is 4.70. The number of rotatable bonds is 10. The summed E-state index contributed by atoms with van der Waals surface area (Å²) in [4.78, 5) is 25.5. The van der Waals surface area contributed by atoms with Crippen LogP contribution in [0, 0.1) is 26.7 Å². The topological polar surface area (TPSA) is 120 Å². The van der Waals surface area contributed by atoms with Gasteiger partial charge in [0.2, 0.25) is 15.8 Å². The molecule has 186 valence electrons. The van der Waals surface area contributed by atoms with Crippen molar-refractivity contribution >= 4 is 27.9 Å². The number of aromatic nitrogens is 2. The number of ketones is 1. The number of hydrogen-bond acceptors (Lipinski definition) is 7. The summed E-state index contributed by atoms with van der Waals surface area (Å²) in [5, 5.41) is 4.98. The number of carbonyl (C=O) groups is 2. The van der Waals surface area contributed by atoms with Crippen LogP contribution in [0.15, 0.2) is 52.4 Å². The molecule has 0 amide bonds. The van der Waals surface area contributed by atoms with Crippen LogP contribution in [0.5, 0.6) is 0 Å². The van der Waals surface area contributed by atoms with Gasteiger partial charge in [-0.1, -0.05) is 49.3 Å². The van der Waals surface area contributed by atoms with Crippen LogP contribution < -0.4 is 4.72 Å². The summed E-state index contributed by atoms with van der Waals surface area (Å²) in [5.41, 5.74) is 2.47. The van der Waals surface area contributed by atoms with Gasteiger partial charge in [-0.25, -0.2) is 8.42 Å². The Morgan fingerprint density at radius 1 is 1.14 bits per heavy atom. The van der Waals surface area contributed by atoms with E-state index in [0.717, 1.165) is 11.1 Å². The molecule has 1 atom stereocenters. The van der Waals surface area contributed by atoms with Crippen molar-refractivity contribution in [3.63, 3.8) is 0 Å². The number of nitrogens with zero attached hydrogens (tertiary/aromatic N) is 2. The number of hydrogen-bond donors (Lipinski definition) is 1. The predicted molar refractivity (Wildman–Crippen MR) is 131 cm³/mol. The van der Waals surface area contributed by atoms with Crippen molar-refractivity contribution in [2.45, 2.75) is 40.7 Å². The molecule has 9 nitrogen and oxygen atoms in total. The Labute approximate surface area is 204 Å². The highest BCUT2D eigenvalue weighted by Gasteiger charge is 2.29. The molecular weight excluding hydrogens is 470 g/mol. The van der Waals surface area contributed by atoms with Gasteiger partial charge >= 0.3 is 5.97 Å². The molecule has 0 aliphatic rings. The molecule has 0 aliphatic carbocycles. The molecule has 1 unspecified atom stereocenters. The first kappa shape index (κ1) is 26.1. The zero-order valence-electron chi connectivity index (χ0n) is 20.3. The van der Waals surface area contributed by atoms with E-state index in [1.54, 1.807) is 68.7 Å². The minimum absolute atomic E-state index is 0.378. The summed E-state index contributed by atoms with van der Waals surface area (Å²) in [6.07, 6.45) is 1.43. The number of Topliss-reactive ketones (excluding diaryl/α,β-unsaturated/α-hetero) is 1. The van der Waals surface area contributed by atoms with Crippen LogP contribution in [0.2, 0.25) is 0 Å². The Balaban J connectivity index is 1.68. The summed E-state index contributed by atoms with van der Waals surface area (Å²) >= 11 is 0. The van der Waals surface area contributed by atoms with E-state index >= 15 is 0 Å². The molecular formula is C25H29N3O6S. The zero-order chi connectivity index (χ0) is 25.8. The van der Waals surface area contributed by atoms with Crippen LogP contribution in [0.25, 0.3) is 11.9 Å². The highest BCUT2D eigenvalue weighted by Crippen LogP contribution is 2.21. The van der Waals surface area contributed by atoms with Gasteiger partial charge in [0.25, 0.3) is 0 Å². The van der Waals surface area contributed by atoms with Crippen molar-refractivity contribution < 1.29 is 27.3 Å². The van der Waals surface area contributed by atoms with Crippen LogP contribution in [-0.4, -0.2) is 42.5 Å². The maximum Gasteiger partial charge on any atom is 0.324 e. The van der Waals surface area contributed by atoms with Gasteiger partial charge < -0.3 is 9.26 Å². The Hall–Kier alpha value is -3.50. The SMILES string of the molecule is Cc1cc(-n2c(C)cc(C(=O)COC(=O)C(NS(=O)(=O)C=Cc3ccccc3)C(C)C)c2C)no1. The van der Waals surface area contributed by atoms with E-state index in [1.165, 1.54) is 6.08 Å². The lowest BCUT2D eigenvalue weighted by atomic mass is 10.1. The van der Waals surface area contributed by atoms with Gasteiger partial charge in [-0.15, -0.1) is 0 Å². The van der Waals surface area contributed by atoms with Crippen molar-refractivity contribution in [1.29, 1.82) is 0 Å². The summed E-state index contributed by atoms with van der Waals surface area (Å²) < 4.78 is 39.5. The Kier molecular flexibility index (Phi) is 8.08. The summed E-state index contributed by atoms with van der Waals surface area (Å²) in [5.74, 6) is -0.460. The average Bonchev–Trinajstić information content (AvgIpc) is 3.36. The average molecular weight is 500 g/mol. The van der Waals surface area contributed by atoms with Crippen LogP contribution in [0.3, 0.4) is 0 Å². The molecule has 0 radical (unpaired) electrons. The molecule has 0 spiro atoms. The largest absolute Gasteiger partial charge is 0.456 e. The van der Waals surface area contributed by atoms with E-state index in [-0.39, 0.29) is 0 Å². The van der Waals surface area contributed by atoms with Crippen molar-refractivity contribution in [3.05, 3.63) is 76.1 Å². The number of nitrogens with one attached hydrogen (secondary N) is 1. The van der Waals surface area contributed by atoms with Crippen LogP contribution in [-0.2, 0) is 19.6 Å². The molecule has 0 bridgehead atoms. The summed E-state index contributed by atoms with van der Waals surface area (Å²) in [7, 11) is -3.93. The van der Waals surface area contributed by atoms with Gasteiger partial charge in [-0.3, -0.25) is 14.2 Å². The molecule has 35 heavy (non-hydrogen) atoms. The molecule has 3 rings (SSSR count). The van der Waals surface area contributed by atoms with Gasteiger partial charge in [0.05, 0.1) is 0 Å². The van der Waals surface area contributed by atoms with Gasteiger partial charge in [-0.2, -0.15) is 4.72 Å². The van der Waals surface area contributed by atoms with E-state index in [1.807, 2.05) is 13.0 Å². The molecule has 0 saturated carbocycles. The number of ether oxygens (including phenoxy) is 1. The number of aryl methyl sites for hydroxylation is 2. The fraction of sp³-hybridized carbons (Fsp3) is 0.320. The van der Waals surface area contributed by atoms with Crippen molar-refractivity contribution in [2.75, 3.05) is 6.61 Å². The first-order valence-corrected chi connectivity index (χ1v) is 12.6. The maximum absolute atomic E-state index is 12.8. The second-order valence-electron chi connectivity index (χ2n) is 8.54. The molecule has 3 aromatic rings. The molecule has 2 heterocycles. The molecule has 1 N–H and O–H groups in total. The minimum atomic E-state index is -3.93. The predicted octanol–water partition coefficient (Wildman–Crippen LogP) is 3.73. The van der Waals surface area contributed by atoms with Crippen LogP contribution >= 0.6 is 0 Å². The summed E-state index contributed by atoms with van der Waals surface area (Å²) in [6, 6.07) is 11.2. The van der Waals surface area contributed by atoms with E-state index in [9.17, 15) is 18.0 Å². The monoisotopic (exact) mass is 499 g/mol. The van der Waals surface area contributed by atoms with Crippen molar-refractivity contribution in [2.24, 2.45) is 5.92 Å². The molecule has 1 aromatic carbocycles. The quantitative estimate of drug-likeness (QED) is 0.333. The van der Waals surface area contributed by atoms with Gasteiger partial charge in [0, 0.05) is 28.4 Å². The van der Waals surface area contributed by atoms with Gasteiger partial charge in [0.1, 0.15) is 11.8 Å². The first-order valence-electron chi connectivity index (χ1n) is 11.1. The van der Waals surface area contributed by atoms with E-state index in [4.69, 9.17) is 9.26 Å². The van der Waals surface area contributed by atoms with Crippen molar-refractivity contribution in [1.82, 2.24) is 14.4 Å². The number of benzene rings is 1. The highest BCUT2D eigenvalue weighted by atomic mass is 32.2. The minimum Gasteiger partial charge on any atom is -0.456 e. The zero-order valence-corrected chi connectivity index (χ0v) is 21.1. The van der Waals surface area contributed by atoms with Crippen LogP contribution in [0.1, 0.15) is 46.9 Å². The normalized spacial score (nSPS) is 12.9. The van der Waals surface area contributed by atoms with Crippen molar-refractivity contribution in [3.8, 4) is 5.82 Å². The van der Waals surface area contributed by atoms with Gasteiger partial charge in [-0.05, 0) is 44.4 Å². The first-order chi connectivity index (χ1) is 16.5. The van der Waals surface area contributed by atoms with Crippen LogP contribution in [0.4, 0.5) is 0 Å². The molecule has 2 aromatic heterocycles. The van der Waals surface area contributed by atoms with E-state index in [2.05, 4.69) is 9.88 Å². The Morgan fingerprint density at radius 3 is 2.43 bits per heavy atom.